The van der Waals surface area contributed by atoms with Crippen molar-refractivity contribution in [2.45, 2.75) is 38.0 Å². The molecule has 1 aromatic heterocycles. The first-order chi connectivity index (χ1) is 15.2. The minimum absolute atomic E-state index is 0.00421. The van der Waals surface area contributed by atoms with Crippen LogP contribution in [-0.4, -0.2) is 16.7 Å². The number of rotatable bonds is 6. The molecule has 1 aliphatic rings. The zero-order valence-electron chi connectivity index (χ0n) is 16.8. The molecule has 4 nitrogen and oxygen atoms in total. The van der Waals surface area contributed by atoms with Gasteiger partial charge < -0.3 is 5.32 Å². The number of fused-ring (bicyclic) bond motifs is 1. The number of amides is 1. The van der Waals surface area contributed by atoms with E-state index in [9.17, 15) is 27.2 Å². The predicted octanol–water partition coefficient (Wildman–Crippen LogP) is 5.11. The summed E-state index contributed by atoms with van der Waals surface area (Å²) in [5.74, 6) is -2.66. The van der Waals surface area contributed by atoms with Gasteiger partial charge in [0.15, 0.2) is 0 Å². The van der Waals surface area contributed by atoms with Crippen LogP contribution in [-0.2, 0) is 6.54 Å². The Morgan fingerprint density at radius 2 is 1.75 bits per heavy atom. The first-order valence-electron chi connectivity index (χ1n) is 10.1. The van der Waals surface area contributed by atoms with Crippen molar-refractivity contribution in [2.75, 3.05) is 0 Å². The van der Waals surface area contributed by atoms with Crippen LogP contribution >= 0.6 is 0 Å². The van der Waals surface area contributed by atoms with Gasteiger partial charge in [-0.25, -0.2) is 4.39 Å². The van der Waals surface area contributed by atoms with E-state index in [-0.39, 0.29) is 16.7 Å². The Bertz CT molecular complexity index is 1230. The average molecular weight is 450 g/mol. The highest BCUT2D eigenvalue weighted by molar-refractivity contribution is 6.07. The van der Waals surface area contributed by atoms with Crippen molar-refractivity contribution in [3.63, 3.8) is 0 Å². The fourth-order valence-corrected chi connectivity index (χ4v) is 3.84. The Hall–Kier alpha value is -3.23. The van der Waals surface area contributed by atoms with E-state index in [1.807, 2.05) is 0 Å². The molecule has 1 amide bonds. The van der Waals surface area contributed by atoms with Gasteiger partial charge in [0.1, 0.15) is 11.4 Å². The summed E-state index contributed by atoms with van der Waals surface area (Å²) < 4.78 is 67.5. The topological polar surface area (TPSA) is 51.1 Å². The molecule has 1 atom stereocenters. The lowest BCUT2D eigenvalue weighted by Gasteiger charge is -2.21. The van der Waals surface area contributed by atoms with Gasteiger partial charge in [0.2, 0.25) is 5.95 Å². The van der Waals surface area contributed by atoms with Crippen LogP contribution in [0.25, 0.3) is 10.8 Å². The van der Waals surface area contributed by atoms with E-state index in [0.717, 1.165) is 12.8 Å². The van der Waals surface area contributed by atoms with Gasteiger partial charge in [-0.1, -0.05) is 30.3 Å². The molecule has 0 unspecified atom stereocenters. The van der Waals surface area contributed by atoms with E-state index in [1.54, 1.807) is 6.07 Å². The van der Waals surface area contributed by atoms with Crippen molar-refractivity contribution in [1.29, 1.82) is 0 Å². The molecule has 0 aliphatic heterocycles. The number of halogens is 5. The lowest BCUT2D eigenvalue weighted by atomic mass is 10.0. The second-order valence-electron chi connectivity index (χ2n) is 7.88. The van der Waals surface area contributed by atoms with Crippen LogP contribution in [0.15, 0.2) is 53.3 Å². The molecule has 0 saturated heterocycles. The maximum Gasteiger partial charge on any atom is 0.390 e. The first kappa shape index (κ1) is 22.0. The number of nitrogens with zero attached hydrogens (tertiary/aromatic N) is 1. The molecule has 2 aromatic carbocycles. The summed E-state index contributed by atoms with van der Waals surface area (Å²) in [6.45, 7) is -0.949. The van der Waals surface area contributed by atoms with E-state index < -0.39 is 54.0 Å². The number of aromatic nitrogens is 1. The van der Waals surface area contributed by atoms with Crippen molar-refractivity contribution in [2.24, 2.45) is 5.92 Å². The summed E-state index contributed by atoms with van der Waals surface area (Å²) in [4.78, 5) is 25.8. The molecule has 1 heterocycles. The third-order valence-corrected chi connectivity index (χ3v) is 5.55. The number of hydrogen-bond donors (Lipinski definition) is 1. The average Bonchev–Trinajstić information content (AvgIpc) is 3.56. The largest absolute Gasteiger partial charge is 0.390 e. The summed E-state index contributed by atoms with van der Waals surface area (Å²) >= 11 is 0. The Morgan fingerprint density at radius 1 is 1.06 bits per heavy atom. The molecule has 1 saturated carbocycles. The van der Waals surface area contributed by atoms with Crippen LogP contribution in [0.3, 0.4) is 0 Å². The second kappa shape index (κ2) is 8.37. The lowest BCUT2D eigenvalue weighted by molar-refractivity contribution is -0.137. The van der Waals surface area contributed by atoms with E-state index in [4.69, 9.17) is 0 Å². The smallest absolute Gasteiger partial charge is 0.345 e. The highest BCUT2D eigenvalue weighted by atomic mass is 19.4. The van der Waals surface area contributed by atoms with Crippen LogP contribution < -0.4 is 10.9 Å². The molecular formula is C23H19F5N2O2. The van der Waals surface area contributed by atoms with Gasteiger partial charge in [-0.15, -0.1) is 0 Å². The Morgan fingerprint density at radius 3 is 2.38 bits per heavy atom. The molecule has 0 radical (unpaired) electrons. The minimum atomic E-state index is -4.60. The van der Waals surface area contributed by atoms with Gasteiger partial charge in [0, 0.05) is 17.3 Å². The number of carbonyl (C=O) groups excluding carboxylic acids is 1. The van der Waals surface area contributed by atoms with Crippen LogP contribution in [0.1, 0.15) is 41.2 Å². The molecule has 1 aliphatic carbocycles. The normalized spacial score (nSPS) is 15.0. The number of nitrogens with one attached hydrogen (secondary N) is 1. The standard InChI is InChI=1S/C23H19F5N2O2/c24-15-5-3-4-14(12-15)19(13-8-9-13)29-21(31)18-16-6-1-2-7-17(16)22(32)30(20(18)25)11-10-23(26,27)28/h1-7,12-13,19H,8-11H2,(H,29,31)/t19-/m0/s1. The quantitative estimate of drug-likeness (QED) is 0.419. The van der Waals surface area contributed by atoms with E-state index in [1.165, 1.54) is 42.5 Å². The second-order valence-corrected chi connectivity index (χ2v) is 7.88. The zero-order valence-corrected chi connectivity index (χ0v) is 16.8. The zero-order chi connectivity index (χ0) is 23.0. The Balaban J connectivity index is 1.77. The number of alkyl halides is 3. The first-order valence-corrected chi connectivity index (χ1v) is 10.1. The Kier molecular flexibility index (Phi) is 5.75. The molecule has 168 valence electrons. The fourth-order valence-electron chi connectivity index (χ4n) is 3.84. The maximum absolute atomic E-state index is 15.3. The number of benzene rings is 2. The SMILES string of the molecule is O=C(N[C@H](c1cccc(F)c1)C1CC1)c1c(F)n(CCC(F)(F)F)c(=O)c2ccccc12. The van der Waals surface area contributed by atoms with Crippen molar-refractivity contribution in [1.82, 2.24) is 9.88 Å². The third kappa shape index (κ3) is 4.51. The van der Waals surface area contributed by atoms with E-state index >= 15 is 4.39 Å². The summed E-state index contributed by atoms with van der Waals surface area (Å²) in [7, 11) is 0. The molecular weight excluding hydrogens is 431 g/mol. The highest BCUT2D eigenvalue weighted by Gasteiger charge is 2.35. The number of pyridine rings is 1. The predicted molar refractivity (Wildman–Crippen MR) is 108 cm³/mol. The molecule has 0 bridgehead atoms. The third-order valence-electron chi connectivity index (χ3n) is 5.55. The summed E-state index contributed by atoms with van der Waals surface area (Å²) in [6.07, 6.45) is -4.45. The van der Waals surface area contributed by atoms with Gasteiger partial charge in [0.05, 0.1) is 12.5 Å². The number of carbonyl (C=O) groups is 1. The Labute approximate surface area is 179 Å². The van der Waals surface area contributed by atoms with Crippen LogP contribution in [0.4, 0.5) is 22.0 Å². The molecule has 1 fully saturated rings. The summed E-state index contributed by atoms with van der Waals surface area (Å²) in [5.41, 5.74) is -0.942. The van der Waals surface area contributed by atoms with Crippen molar-refractivity contribution < 1.29 is 26.7 Å². The van der Waals surface area contributed by atoms with Gasteiger partial charge in [-0.3, -0.25) is 14.2 Å². The van der Waals surface area contributed by atoms with Gasteiger partial charge in [-0.05, 0) is 42.5 Å². The monoisotopic (exact) mass is 450 g/mol. The highest BCUT2D eigenvalue weighted by Crippen LogP contribution is 2.41. The lowest BCUT2D eigenvalue weighted by Crippen LogP contribution is -2.34. The summed E-state index contributed by atoms with van der Waals surface area (Å²) in [6, 6.07) is 10.8. The molecule has 32 heavy (non-hydrogen) atoms. The van der Waals surface area contributed by atoms with Gasteiger partial charge in [-0.2, -0.15) is 17.6 Å². The van der Waals surface area contributed by atoms with E-state index in [2.05, 4.69) is 5.32 Å². The molecule has 0 spiro atoms. The van der Waals surface area contributed by atoms with Gasteiger partial charge >= 0.3 is 6.18 Å². The molecule has 3 aromatic rings. The van der Waals surface area contributed by atoms with Gasteiger partial charge in [0.25, 0.3) is 11.5 Å². The van der Waals surface area contributed by atoms with E-state index in [0.29, 0.717) is 10.1 Å². The summed E-state index contributed by atoms with van der Waals surface area (Å²) in [5, 5.41) is 2.65. The molecule has 4 rings (SSSR count). The molecule has 9 heteroatoms. The van der Waals surface area contributed by atoms with Crippen LogP contribution in [0.5, 0.6) is 0 Å². The van der Waals surface area contributed by atoms with Crippen molar-refractivity contribution in [3.8, 4) is 0 Å². The van der Waals surface area contributed by atoms with Crippen LogP contribution in [0.2, 0.25) is 0 Å². The minimum Gasteiger partial charge on any atom is -0.345 e. The van der Waals surface area contributed by atoms with Crippen LogP contribution in [0, 0.1) is 17.7 Å². The fraction of sp³-hybridized carbons (Fsp3) is 0.304. The maximum atomic E-state index is 15.3. The van der Waals surface area contributed by atoms with Crippen molar-refractivity contribution in [3.05, 3.63) is 81.8 Å². The van der Waals surface area contributed by atoms with Crippen molar-refractivity contribution >= 4 is 16.7 Å². The molecule has 1 N–H and O–H groups in total. The number of hydrogen-bond acceptors (Lipinski definition) is 2.